The number of hydrogen-bond donors (Lipinski definition) is 0. The molecule has 1 unspecified atom stereocenters. The van der Waals surface area contributed by atoms with Gasteiger partial charge in [-0.1, -0.05) is 54.8 Å². The van der Waals surface area contributed by atoms with Crippen LogP contribution in [0.4, 0.5) is 0 Å². The maximum Gasteiger partial charge on any atom is 0.0954 e. The molecule has 1 aromatic heterocycles. The minimum atomic E-state index is 0.123. The molecule has 0 bridgehead atoms. The molecule has 3 heteroatoms. The van der Waals surface area contributed by atoms with Gasteiger partial charge in [0, 0.05) is 17.4 Å². The maximum absolute atomic E-state index is 6.09. The quantitative estimate of drug-likeness (QED) is 0.552. The first-order valence-electron chi connectivity index (χ1n) is 9.06. The van der Waals surface area contributed by atoms with Crippen LogP contribution in [0.1, 0.15) is 59.9 Å². The molecule has 3 aromatic rings. The SMILES string of the molecule is Cc1cc(C2CCCC2)ccc1C(c1ccc(Cl)cc1)n1ccnc1. The van der Waals surface area contributed by atoms with Gasteiger partial charge in [-0.15, -0.1) is 0 Å². The lowest BCUT2D eigenvalue weighted by atomic mass is 9.89. The molecule has 128 valence electrons. The second-order valence-electron chi connectivity index (χ2n) is 7.06. The van der Waals surface area contributed by atoms with Crippen LogP contribution in [0, 0.1) is 6.92 Å². The average Bonchev–Trinajstić information content (AvgIpc) is 3.32. The zero-order chi connectivity index (χ0) is 17.2. The fourth-order valence-electron chi connectivity index (χ4n) is 4.10. The first kappa shape index (κ1) is 16.4. The Bertz CT molecular complexity index is 831. The lowest BCUT2D eigenvalue weighted by molar-refractivity contribution is 0.669. The summed E-state index contributed by atoms with van der Waals surface area (Å²) in [5, 5.41) is 0.765. The predicted octanol–water partition coefficient (Wildman–Crippen LogP) is 6.14. The standard InChI is InChI=1S/C22H23ClN2/c1-16-14-19(17-4-2-3-5-17)8-11-21(16)22(25-13-12-24-15-25)18-6-9-20(23)10-7-18/h6-15,17,22H,2-5H2,1H3. The van der Waals surface area contributed by atoms with Gasteiger partial charge in [-0.05, 0) is 60.1 Å². The summed E-state index contributed by atoms with van der Waals surface area (Å²) in [5.41, 5.74) is 5.39. The van der Waals surface area contributed by atoms with E-state index in [-0.39, 0.29) is 6.04 Å². The second-order valence-corrected chi connectivity index (χ2v) is 7.50. The molecular formula is C22H23ClN2. The van der Waals surface area contributed by atoms with E-state index in [0.29, 0.717) is 0 Å². The number of benzene rings is 2. The van der Waals surface area contributed by atoms with Crippen LogP contribution in [0.3, 0.4) is 0 Å². The van der Waals surface area contributed by atoms with E-state index in [2.05, 4.69) is 46.8 Å². The van der Waals surface area contributed by atoms with Crippen molar-refractivity contribution in [2.75, 3.05) is 0 Å². The minimum Gasteiger partial charge on any atom is -0.326 e. The summed E-state index contributed by atoms with van der Waals surface area (Å²) in [6, 6.07) is 15.3. The van der Waals surface area contributed by atoms with Gasteiger partial charge in [-0.25, -0.2) is 4.98 Å². The van der Waals surface area contributed by atoms with Crippen molar-refractivity contribution in [2.45, 2.75) is 44.6 Å². The highest BCUT2D eigenvalue weighted by atomic mass is 35.5. The molecule has 25 heavy (non-hydrogen) atoms. The number of aryl methyl sites for hydroxylation is 1. The Morgan fingerprint density at radius 1 is 1.08 bits per heavy atom. The van der Waals surface area contributed by atoms with E-state index in [1.807, 2.05) is 30.9 Å². The van der Waals surface area contributed by atoms with Crippen molar-refractivity contribution < 1.29 is 0 Å². The molecule has 1 aliphatic carbocycles. The van der Waals surface area contributed by atoms with Gasteiger partial charge < -0.3 is 4.57 Å². The lowest BCUT2D eigenvalue weighted by Crippen LogP contribution is -2.12. The summed E-state index contributed by atoms with van der Waals surface area (Å²) in [6.07, 6.45) is 11.2. The van der Waals surface area contributed by atoms with Crippen LogP contribution < -0.4 is 0 Å². The summed E-state index contributed by atoms with van der Waals surface area (Å²) in [6.45, 7) is 2.23. The average molecular weight is 351 g/mol. The monoisotopic (exact) mass is 350 g/mol. The third-order valence-electron chi connectivity index (χ3n) is 5.42. The maximum atomic E-state index is 6.09. The fraction of sp³-hybridized carbons (Fsp3) is 0.318. The second kappa shape index (κ2) is 7.05. The third kappa shape index (κ3) is 3.36. The van der Waals surface area contributed by atoms with Crippen molar-refractivity contribution in [2.24, 2.45) is 0 Å². The van der Waals surface area contributed by atoms with Gasteiger partial charge in [0.25, 0.3) is 0 Å². The Morgan fingerprint density at radius 2 is 1.84 bits per heavy atom. The molecule has 0 saturated heterocycles. The number of imidazole rings is 1. The Labute approximate surface area is 154 Å². The molecule has 2 nitrogen and oxygen atoms in total. The summed E-state index contributed by atoms with van der Waals surface area (Å²) >= 11 is 6.09. The topological polar surface area (TPSA) is 17.8 Å². The molecule has 0 N–H and O–H groups in total. The fourth-order valence-corrected chi connectivity index (χ4v) is 4.22. The van der Waals surface area contributed by atoms with Crippen LogP contribution in [-0.4, -0.2) is 9.55 Å². The first-order valence-corrected chi connectivity index (χ1v) is 9.43. The van der Waals surface area contributed by atoms with E-state index >= 15 is 0 Å². The van der Waals surface area contributed by atoms with Gasteiger partial charge in [0.1, 0.15) is 0 Å². The minimum absolute atomic E-state index is 0.123. The molecule has 0 spiro atoms. The summed E-state index contributed by atoms with van der Waals surface area (Å²) in [5.74, 6) is 0.745. The van der Waals surface area contributed by atoms with Gasteiger partial charge in [0.05, 0.1) is 12.4 Å². The Kier molecular flexibility index (Phi) is 4.63. The molecule has 4 rings (SSSR count). The van der Waals surface area contributed by atoms with Crippen LogP contribution in [-0.2, 0) is 0 Å². The summed E-state index contributed by atoms with van der Waals surface area (Å²) in [4.78, 5) is 4.26. The van der Waals surface area contributed by atoms with Crippen molar-refractivity contribution >= 4 is 11.6 Å². The number of nitrogens with zero attached hydrogens (tertiary/aromatic N) is 2. The molecule has 0 radical (unpaired) electrons. The van der Waals surface area contributed by atoms with E-state index in [4.69, 9.17) is 11.6 Å². The lowest BCUT2D eigenvalue weighted by Gasteiger charge is -2.23. The van der Waals surface area contributed by atoms with Crippen molar-refractivity contribution in [1.29, 1.82) is 0 Å². The molecule has 1 aliphatic rings. The molecule has 1 fully saturated rings. The molecular weight excluding hydrogens is 328 g/mol. The van der Waals surface area contributed by atoms with Crippen LogP contribution >= 0.6 is 11.6 Å². The number of aromatic nitrogens is 2. The van der Waals surface area contributed by atoms with E-state index in [9.17, 15) is 0 Å². The predicted molar refractivity (Wildman–Crippen MR) is 103 cm³/mol. The Morgan fingerprint density at radius 3 is 2.48 bits per heavy atom. The highest BCUT2D eigenvalue weighted by Gasteiger charge is 2.21. The zero-order valence-corrected chi connectivity index (χ0v) is 15.3. The van der Waals surface area contributed by atoms with E-state index in [1.165, 1.54) is 47.9 Å². The smallest absolute Gasteiger partial charge is 0.0954 e. The van der Waals surface area contributed by atoms with Crippen molar-refractivity contribution in [3.8, 4) is 0 Å². The van der Waals surface area contributed by atoms with Crippen molar-refractivity contribution in [1.82, 2.24) is 9.55 Å². The van der Waals surface area contributed by atoms with Crippen molar-refractivity contribution in [3.05, 3.63) is 88.5 Å². The largest absolute Gasteiger partial charge is 0.326 e. The number of hydrogen-bond acceptors (Lipinski definition) is 1. The Balaban J connectivity index is 1.75. The zero-order valence-electron chi connectivity index (χ0n) is 14.5. The van der Waals surface area contributed by atoms with Crippen LogP contribution in [0.25, 0.3) is 0 Å². The molecule has 1 atom stereocenters. The van der Waals surface area contributed by atoms with Gasteiger partial charge in [0.15, 0.2) is 0 Å². The van der Waals surface area contributed by atoms with Gasteiger partial charge in [-0.2, -0.15) is 0 Å². The van der Waals surface area contributed by atoms with Gasteiger partial charge in [-0.3, -0.25) is 0 Å². The van der Waals surface area contributed by atoms with Gasteiger partial charge in [0.2, 0.25) is 0 Å². The summed E-state index contributed by atoms with van der Waals surface area (Å²) in [7, 11) is 0. The highest BCUT2D eigenvalue weighted by molar-refractivity contribution is 6.30. The van der Waals surface area contributed by atoms with Crippen molar-refractivity contribution in [3.63, 3.8) is 0 Å². The normalized spacial score (nSPS) is 16.2. The Hall–Kier alpha value is -2.06. The van der Waals surface area contributed by atoms with Crippen LogP contribution in [0.5, 0.6) is 0 Å². The first-order chi connectivity index (χ1) is 12.2. The van der Waals surface area contributed by atoms with Crippen LogP contribution in [0.15, 0.2) is 61.2 Å². The van der Waals surface area contributed by atoms with E-state index in [0.717, 1.165) is 10.9 Å². The van der Waals surface area contributed by atoms with Gasteiger partial charge >= 0.3 is 0 Å². The molecule has 0 aliphatic heterocycles. The number of rotatable bonds is 4. The van der Waals surface area contributed by atoms with E-state index in [1.54, 1.807) is 0 Å². The molecule has 0 amide bonds. The molecule has 2 aromatic carbocycles. The summed E-state index contributed by atoms with van der Waals surface area (Å²) < 4.78 is 2.17. The third-order valence-corrected chi connectivity index (χ3v) is 5.68. The van der Waals surface area contributed by atoms with E-state index < -0.39 is 0 Å². The number of halogens is 1. The van der Waals surface area contributed by atoms with Crippen LogP contribution in [0.2, 0.25) is 5.02 Å². The molecule has 1 saturated carbocycles. The molecule has 1 heterocycles. The highest BCUT2D eigenvalue weighted by Crippen LogP contribution is 2.37.